The molecule has 1 N–H and O–H groups in total. The minimum Gasteiger partial charge on any atom is -0.379 e. The van der Waals surface area contributed by atoms with Crippen LogP contribution in [0.5, 0.6) is 0 Å². The van der Waals surface area contributed by atoms with Gasteiger partial charge in [-0.05, 0) is 11.6 Å². The van der Waals surface area contributed by atoms with Crippen molar-refractivity contribution in [1.82, 2.24) is 10.2 Å². The Bertz CT molecular complexity index is 535. The molecule has 0 spiro atoms. The van der Waals surface area contributed by atoms with Crippen LogP contribution in [0.4, 0.5) is 43.9 Å². The molecule has 1 fully saturated rings. The third-order valence-corrected chi connectivity index (χ3v) is 3.88. The molecule has 15 heteroatoms. The molecule has 0 aromatic carbocycles. The molecule has 1 aliphatic heterocycles. The van der Waals surface area contributed by atoms with Crippen molar-refractivity contribution in [2.24, 2.45) is 0 Å². The molecule has 0 aliphatic carbocycles. The molecule has 1 aliphatic rings. The van der Waals surface area contributed by atoms with E-state index in [0.717, 1.165) is 0 Å². The van der Waals surface area contributed by atoms with E-state index < -0.39 is 41.5 Å². The monoisotopic (exact) mass is 442 g/mol. The zero-order chi connectivity index (χ0) is 21.3. The summed E-state index contributed by atoms with van der Waals surface area (Å²) in [7, 11) is 0. The molecule has 1 rings (SSSR count). The fourth-order valence-electron chi connectivity index (χ4n) is 1.98. The molecule has 160 valence electrons. The summed E-state index contributed by atoms with van der Waals surface area (Å²) in [4.78, 5) is 12.7. The van der Waals surface area contributed by atoms with Crippen molar-refractivity contribution < 1.29 is 53.4 Å². The molecule has 0 unspecified atom stereocenters. The van der Waals surface area contributed by atoms with Gasteiger partial charge < -0.3 is 10.1 Å². The standard InChI is InChI=1S/C12H13ClF10N2O2/c13-12(22,23)11(20,21)10(18,19)9(16,17)8(14,15)7(26)24-1-2-25-3-5-27-6-4-25/h1-6H2,(H,24,26). The van der Waals surface area contributed by atoms with Gasteiger partial charge in [0, 0.05) is 26.2 Å². The summed E-state index contributed by atoms with van der Waals surface area (Å²) in [5.74, 6) is -31.1. The Kier molecular flexibility index (Phi) is 6.92. The maximum Gasteiger partial charge on any atom is 0.393 e. The second kappa shape index (κ2) is 7.78. The van der Waals surface area contributed by atoms with Crippen LogP contribution in [0.2, 0.25) is 0 Å². The third-order valence-electron chi connectivity index (χ3n) is 3.64. The van der Waals surface area contributed by atoms with Gasteiger partial charge in [-0.1, -0.05) is 0 Å². The molecule has 0 atom stereocenters. The van der Waals surface area contributed by atoms with Gasteiger partial charge in [0.2, 0.25) is 0 Å². The third kappa shape index (κ3) is 4.36. The number of carbonyl (C=O) groups is 1. The van der Waals surface area contributed by atoms with Crippen LogP contribution >= 0.6 is 11.6 Å². The van der Waals surface area contributed by atoms with Gasteiger partial charge in [-0.15, -0.1) is 0 Å². The number of rotatable bonds is 8. The van der Waals surface area contributed by atoms with Gasteiger partial charge in [-0.3, -0.25) is 9.69 Å². The van der Waals surface area contributed by atoms with Crippen molar-refractivity contribution in [2.45, 2.75) is 29.1 Å². The second-order valence-corrected chi connectivity index (χ2v) is 5.98. The summed E-state index contributed by atoms with van der Waals surface area (Å²) < 4.78 is 136. The molecule has 4 nitrogen and oxygen atoms in total. The number of halogens is 11. The Morgan fingerprint density at radius 2 is 1.37 bits per heavy atom. The number of hydrogen-bond donors (Lipinski definition) is 1. The summed E-state index contributed by atoms with van der Waals surface area (Å²) in [6, 6.07) is 0. The fraction of sp³-hybridized carbons (Fsp3) is 0.917. The van der Waals surface area contributed by atoms with Crippen LogP contribution in [-0.2, 0) is 9.53 Å². The number of carbonyl (C=O) groups excluding carboxylic acids is 1. The minimum absolute atomic E-state index is 0.164. The molecule has 0 bridgehead atoms. The summed E-state index contributed by atoms with van der Waals surface area (Å²) in [5, 5.41) is -5.10. The van der Waals surface area contributed by atoms with Crippen LogP contribution in [0.3, 0.4) is 0 Å². The van der Waals surface area contributed by atoms with Crippen LogP contribution in [0, 0.1) is 0 Å². The summed E-state index contributed by atoms with van der Waals surface area (Å²) >= 11 is 3.66. The predicted molar refractivity (Wildman–Crippen MR) is 70.9 cm³/mol. The number of nitrogens with one attached hydrogen (secondary N) is 1. The van der Waals surface area contributed by atoms with Gasteiger partial charge in [0.25, 0.3) is 5.91 Å². The zero-order valence-electron chi connectivity index (χ0n) is 13.2. The number of hydrogen-bond acceptors (Lipinski definition) is 3. The normalized spacial score (nSPS) is 18.5. The molecule has 0 saturated carbocycles. The number of morpholine rings is 1. The molecular weight excluding hydrogens is 430 g/mol. The Morgan fingerprint density at radius 1 is 0.889 bits per heavy atom. The van der Waals surface area contributed by atoms with Crippen molar-refractivity contribution >= 4 is 17.5 Å². The predicted octanol–water partition coefficient (Wildman–Crippen LogP) is 2.81. The van der Waals surface area contributed by atoms with E-state index in [1.807, 2.05) is 0 Å². The highest BCUT2D eigenvalue weighted by molar-refractivity contribution is 6.22. The first-order valence-corrected chi connectivity index (χ1v) is 7.54. The van der Waals surface area contributed by atoms with Gasteiger partial charge in [0.1, 0.15) is 0 Å². The lowest BCUT2D eigenvalue weighted by atomic mass is 9.98. The van der Waals surface area contributed by atoms with E-state index in [2.05, 4.69) is 11.6 Å². The molecule has 0 radical (unpaired) electrons. The summed E-state index contributed by atoms with van der Waals surface area (Å²) in [6.07, 6.45) is 0. The van der Waals surface area contributed by atoms with E-state index >= 15 is 0 Å². The van der Waals surface area contributed by atoms with Crippen molar-refractivity contribution in [3.8, 4) is 0 Å². The number of ether oxygens (including phenoxy) is 1. The highest BCUT2D eigenvalue weighted by atomic mass is 35.5. The first-order valence-electron chi connectivity index (χ1n) is 7.16. The molecule has 1 amide bonds. The number of amides is 1. The van der Waals surface area contributed by atoms with E-state index in [9.17, 15) is 48.7 Å². The van der Waals surface area contributed by atoms with E-state index in [1.165, 1.54) is 10.2 Å². The fourth-order valence-corrected chi connectivity index (χ4v) is 2.10. The molecule has 27 heavy (non-hydrogen) atoms. The Hall–Kier alpha value is -1.02. The molecule has 1 saturated heterocycles. The number of nitrogens with zero attached hydrogens (tertiary/aromatic N) is 1. The van der Waals surface area contributed by atoms with Crippen molar-refractivity contribution in [3.05, 3.63) is 0 Å². The van der Waals surface area contributed by atoms with Gasteiger partial charge in [0.15, 0.2) is 0 Å². The van der Waals surface area contributed by atoms with Gasteiger partial charge in [-0.25, -0.2) is 0 Å². The van der Waals surface area contributed by atoms with E-state index in [1.54, 1.807) is 0 Å². The average Bonchev–Trinajstić information content (AvgIpc) is 2.54. The van der Waals surface area contributed by atoms with Gasteiger partial charge >= 0.3 is 29.1 Å². The van der Waals surface area contributed by atoms with E-state index in [4.69, 9.17) is 4.74 Å². The van der Waals surface area contributed by atoms with Crippen LogP contribution < -0.4 is 5.32 Å². The first kappa shape index (κ1) is 24.0. The van der Waals surface area contributed by atoms with Crippen LogP contribution in [0.15, 0.2) is 0 Å². The lowest BCUT2D eigenvalue weighted by molar-refractivity contribution is -0.382. The lowest BCUT2D eigenvalue weighted by Crippen LogP contribution is -2.69. The topological polar surface area (TPSA) is 41.6 Å². The first-order chi connectivity index (χ1) is 12.0. The van der Waals surface area contributed by atoms with Gasteiger partial charge in [-0.2, -0.15) is 43.9 Å². The SMILES string of the molecule is O=C(NCCN1CCOCC1)C(F)(F)C(F)(F)C(F)(F)C(F)(F)C(F)(F)Cl. The molecule has 0 aromatic heterocycles. The smallest absolute Gasteiger partial charge is 0.379 e. The van der Waals surface area contributed by atoms with Crippen molar-refractivity contribution in [1.29, 1.82) is 0 Å². The van der Waals surface area contributed by atoms with E-state index in [0.29, 0.717) is 13.1 Å². The lowest BCUT2D eigenvalue weighted by Gasteiger charge is -2.37. The number of alkyl halides is 11. The highest BCUT2D eigenvalue weighted by Gasteiger charge is 2.87. The van der Waals surface area contributed by atoms with Crippen molar-refractivity contribution in [2.75, 3.05) is 39.4 Å². The van der Waals surface area contributed by atoms with E-state index in [-0.39, 0.29) is 19.8 Å². The van der Waals surface area contributed by atoms with Crippen molar-refractivity contribution in [3.63, 3.8) is 0 Å². The maximum absolute atomic E-state index is 13.5. The second-order valence-electron chi connectivity index (χ2n) is 5.51. The van der Waals surface area contributed by atoms with Crippen LogP contribution in [-0.4, -0.2) is 79.3 Å². The maximum atomic E-state index is 13.5. The Morgan fingerprint density at radius 3 is 1.81 bits per heavy atom. The average molecular weight is 443 g/mol. The van der Waals surface area contributed by atoms with Gasteiger partial charge in [0.05, 0.1) is 13.2 Å². The van der Waals surface area contributed by atoms with Crippen LogP contribution in [0.25, 0.3) is 0 Å². The molecule has 1 heterocycles. The Balaban J connectivity index is 2.89. The Labute approximate surface area is 150 Å². The largest absolute Gasteiger partial charge is 0.393 e. The zero-order valence-corrected chi connectivity index (χ0v) is 13.9. The quantitative estimate of drug-likeness (QED) is 0.464. The minimum atomic E-state index is -7.35. The summed E-state index contributed by atoms with van der Waals surface area (Å²) in [5.41, 5.74) is 0. The van der Waals surface area contributed by atoms with Crippen LogP contribution in [0.1, 0.15) is 0 Å². The molecule has 0 aromatic rings. The summed E-state index contributed by atoms with van der Waals surface area (Å²) in [6.45, 7) is 0.239. The molecular formula is C12H13ClF10N2O2. The highest BCUT2D eigenvalue weighted by Crippen LogP contribution is 2.57.